The van der Waals surface area contributed by atoms with Gasteiger partial charge in [0.2, 0.25) is 0 Å². The Morgan fingerprint density at radius 3 is 2.34 bits per heavy atom. The van der Waals surface area contributed by atoms with Gasteiger partial charge in [0.15, 0.2) is 23.6 Å². The molecule has 13 heteroatoms. The third kappa shape index (κ3) is 5.70. The molecule has 2 aromatic rings. The first-order valence-electron chi connectivity index (χ1n) is 7.48. The van der Waals surface area contributed by atoms with Crippen LogP contribution in [0, 0.1) is 26.8 Å². The molecule has 0 saturated carbocycles. The van der Waals surface area contributed by atoms with Crippen LogP contribution >= 0.6 is 22.6 Å². The van der Waals surface area contributed by atoms with Crippen molar-refractivity contribution in [1.82, 2.24) is 5.48 Å². The molecule has 3 N–H and O–H groups in total. The van der Waals surface area contributed by atoms with Crippen LogP contribution < -0.4 is 10.8 Å². The highest BCUT2D eigenvalue weighted by atomic mass is 127. The Labute approximate surface area is 171 Å². The summed E-state index contributed by atoms with van der Waals surface area (Å²) in [5.41, 5.74) is -0.869. The van der Waals surface area contributed by atoms with E-state index >= 15 is 0 Å². The lowest BCUT2D eigenvalue weighted by Gasteiger charge is -2.16. The average Bonchev–Trinajstić information content (AvgIpc) is 2.62. The molecule has 0 aromatic heterocycles. The fourth-order valence-electron chi connectivity index (χ4n) is 1.96. The van der Waals surface area contributed by atoms with Crippen molar-refractivity contribution in [3.63, 3.8) is 0 Å². The molecule has 158 valence electrons. The lowest BCUT2D eigenvalue weighted by Crippen LogP contribution is -2.37. The van der Waals surface area contributed by atoms with E-state index in [-0.39, 0.29) is 6.07 Å². The fourth-order valence-corrected chi connectivity index (χ4v) is 2.41. The number of hydroxylamine groups is 1. The van der Waals surface area contributed by atoms with Crippen LogP contribution in [0.5, 0.6) is 0 Å². The highest BCUT2D eigenvalue weighted by Crippen LogP contribution is 2.30. The maximum Gasteiger partial charge on any atom is 0.416 e. The molecule has 0 bridgehead atoms. The van der Waals surface area contributed by atoms with E-state index in [1.165, 1.54) is 11.5 Å². The minimum absolute atomic E-state index is 0.240. The van der Waals surface area contributed by atoms with Gasteiger partial charge < -0.3 is 10.4 Å². The topological polar surface area (TPSA) is 70.6 Å². The molecule has 0 radical (unpaired) electrons. The van der Waals surface area contributed by atoms with Crippen molar-refractivity contribution >= 4 is 39.9 Å². The minimum atomic E-state index is -5.03. The second-order valence-electron chi connectivity index (χ2n) is 5.46. The highest BCUT2D eigenvalue weighted by molar-refractivity contribution is 14.1. The Hall–Kier alpha value is -2.13. The standard InChI is InChI=1S/C16H10F7IN2O3/c17-8-3-6(24)1-2-10(8)25-14-7(4-9(18)12(19)13(14)20)15(28)26-29-5-11(27)16(21,22)23/h1-4,11,25,27H,5H2,(H,26,28). The van der Waals surface area contributed by atoms with Gasteiger partial charge in [-0.25, -0.2) is 23.0 Å². The molecule has 0 aliphatic carbocycles. The number of hydrogen-bond donors (Lipinski definition) is 3. The Balaban J connectivity index is 2.30. The molecule has 1 unspecified atom stereocenters. The van der Waals surface area contributed by atoms with Gasteiger partial charge in [-0.15, -0.1) is 0 Å². The number of benzene rings is 2. The highest BCUT2D eigenvalue weighted by Gasteiger charge is 2.38. The average molecular weight is 538 g/mol. The van der Waals surface area contributed by atoms with Gasteiger partial charge in [-0.1, -0.05) is 0 Å². The first kappa shape index (κ1) is 23.2. The van der Waals surface area contributed by atoms with Gasteiger partial charge in [-0.2, -0.15) is 13.2 Å². The van der Waals surface area contributed by atoms with E-state index < -0.39 is 65.0 Å². The zero-order chi connectivity index (χ0) is 21.9. The number of aliphatic hydroxyl groups excluding tert-OH is 1. The van der Waals surface area contributed by atoms with Gasteiger partial charge in [0, 0.05) is 3.57 Å². The van der Waals surface area contributed by atoms with Crippen molar-refractivity contribution in [1.29, 1.82) is 0 Å². The van der Waals surface area contributed by atoms with E-state index in [0.717, 1.165) is 12.1 Å². The van der Waals surface area contributed by atoms with E-state index in [0.29, 0.717) is 3.57 Å². The van der Waals surface area contributed by atoms with Crippen molar-refractivity contribution in [2.24, 2.45) is 0 Å². The molecule has 0 heterocycles. The first-order chi connectivity index (χ1) is 13.4. The van der Waals surface area contributed by atoms with E-state index in [4.69, 9.17) is 5.11 Å². The summed E-state index contributed by atoms with van der Waals surface area (Å²) < 4.78 is 92.3. The van der Waals surface area contributed by atoms with Crippen molar-refractivity contribution < 1.29 is 45.5 Å². The summed E-state index contributed by atoms with van der Waals surface area (Å²) in [4.78, 5) is 16.2. The van der Waals surface area contributed by atoms with E-state index in [2.05, 4.69) is 10.2 Å². The van der Waals surface area contributed by atoms with Gasteiger partial charge in [0.05, 0.1) is 16.9 Å². The summed E-state index contributed by atoms with van der Waals surface area (Å²) in [5, 5.41) is 10.9. The minimum Gasteiger partial charge on any atom is -0.381 e. The van der Waals surface area contributed by atoms with Crippen LogP contribution in [0.15, 0.2) is 24.3 Å². The maximum absolute atomic E-state index is 14.2. The van der Waals surface area contributed by atoms with Crippen molar-refractivity contribution in [2.45, 2.75) is 12.3 Å². The first-order valence-corrected chi connectivity index (χ1v) is 8.56. The molecule has 5 nitrogen and oxygen atoms in total. The van der Waals surface area contributed by atoms with Crippen LogP contribution in [0.1, 0.15) is 10.4 Å². The van der Waals surface area contributed by atoms with Crippen LogP contribution in [-0.2, 0) is 4.84 Å². The molecule has 0 aliphatic heterocycles. The zero-order valence-electron chi connectivity index (χ0n) is 13.9. The molecular weight excluding hydrogens is 528 g/mol. The van der Waals surface area contributed by atoms with Crippen molar-refractivity contribution in [2.75, 3.05) is 11.9 Å². The predicted molar refractivity (Wildman–Crippen MR) is 94.2 cm³/mol. The lowest BCUT2D eigenvalue weighted by atomic mass is 10.1. The quantitative estimate of drug-likeness (QED) is 0.224. The summed E-state index contributed by atoms with van der Waals surface area (Å²) in [6, 6.07) is 3.80. The van der Waals surface area contributed by atoms with Gasteiger partial charge in [-0.05, 0) is 46.9 Å². The number of hydrogen-bond acceptors (Lipinski definition) is 4. The number of anilines is 2. The SMILES string of the molecule is O=C(NOCC(O)C(F)(F)F)c1cc(F)c(F)c(F)c1Nc1ccc(I)cc1F. The summed E-state index contributed by atoms with van der Waals surface area (Å²) in [6.07, 6.45) is -7.98. The molecule has 29 heavy (non-hydrogen) atoms. The zero-order valence-corrected chi connectivity index (χ0v) is 16.0. The van der Waals surface area contributed by atoms with E-state index in [9.17, 15) is 35.5 Å². The Morgan fingerprint density at radius 1 is 1.10 bits per heavy atom. The summed E-state index contributed by atoms with van der Waals surface area (Å²) in [6.45, 7) is -1.42. The van der Waals surface area contributed by atoms with E-state index in [1.807, 2.05) is 0 Å². The number of aliphatic hydroxyl groups is 1. The molecular formula is C16H10F7IN2O3. The third-order valence-corrected chi connectivity index (χ3v) is 4.05. The number of carbonyl (C=O) groups is 1. The van der Waals surface area contributed by atoms with Gasteiger partial charge in [-0.3, -0.25) is 9.63 Å². The van der Waals surface area contributed by atoms with Gasteiger partial charge >= 0.3 is 6.18 Å². The summed E-state index contributed by atoms with van der Waals surface area (Å²) in [5.74, 6) is -8.01. The van der Waals surface area contributed by atoms with Crippen molar-refractivity contribution in [3.8, 4) is 0 Å². The number of alkyl halides is 3. The number of rotatable bonds is 6. The second kappa shape index (κ2) is 9.13. The molecule has 0 spiro atoms. The molecule has 0 fully saturated rings. The summed E-state index contributed by atoms with van der Waals surface area (Å²) in [7, 11) is 0. The van der Waals surface area contributed by atoms with Crippen LogP contribution in [-0.4, -0.2) is 29.9 Å². The van der Waals surface area contributed by atoms with Gasteiger partial charge in [0.1, 0.15) is 12.4 Å². The summed E-state index contributed by atoms with van der Waals surface area (Å²) >= 11 is 1.78. The lowest BCUT2D eigenvalue weighted by molar-refractivity contribution is -0.221. The fraction of sp³-hybridized carbons (Fsp3) is 0.188. The van der Waals surface area contributed by atoms with Crippen LogP contribution in [0.25, 0.3) is 0 Å². The Morgan fingerprint density at radius 2 is 1.76 bits per heavy atom. The number of carbonyl (C=O) groups excluding carboxylic acids is 1. The Bertz CT molecular complexity index is 924. The largest absolute Gasteiger partial charge is 0.416 e. The molecule has 2 rings (SSSR count). The molecule has 2 aromatic carbocycles. The predicted octanol–water partition coefficient (Wildman–Crippen LogP) is 4.18. The molecule has 1 amide bonds. The van der Waals surface area contributed by atoms with Crippen molar-refractivity contribution in [3.05, 3.63) is 56.7 Å². The second-order valence-corrected chi connectivity index (χ2v) is 6.70. The maximum atomic E-state index is 14.2. The Kier molecular flexibility index (Phi) is 7.29. The van der Waals surface area contributed by atoms with Gasteiger partial charge in [0.25, 0.3) is 5.91 Å². The number of halogens is 8. The van der Waals surface area contributed by atoms with Crippen LogP contribution in [0.3, 0.4) is 0 Å². The number of amides is 1. The molecule has 1 atom stereocenters. The molecule has 0 saturated heterocycles. The van der Waals surface area contributed by atoms with Crippen LogP contribution in [0.2, 0.25) is 0 Å². The molecule has 0 aliphatic rings. The monoisotopic (exact) mass is 538 g/mol. The van der Waals surface area contributed by atoms with E-state index in [1.54, 1.807) is 22.6 Å². The normalized spacial score (nSPS) is 12.6. The third-order valence-electron chi connectivity index (χ3n) is 3.38. The number of nitrogens with one attached hydrogen (secondary N) is 2. The smallest absolute Gasteiger partial charge is 0.381 e. The van der Waals surface area contributed by atoms with Crippen LogP contribution in [0.4, 0.5) is 42.1 Å².